The van der Waals surface area contributed by atoms with Gasteiger partial charge in [-0.3, -0.25) is 0 Å². The van der Waals surface area contributed by atoms with Crippen molar-refractivity contribution in [3.63, 3.8) is 0 Å². The van der Waals surface area contributed by atoms with Gasteiger partial charge in [0.2, 0.25) is 0 Å². The zero-order valence-corrected chi connectivity index (χ0v) is 47.4. The molecule has 0 bridgehead atoms. The van der Waals surface area contributed by atoms with Crippen molar-refractivity contribution in [1.82, 2.24) is 0 Å². The lowest BCUT2D eigenvalue weighted by Gasteiger charge is -2.48. The van der Waals surface area contributed by atoms with Crippen LogP contribution in [0.1, 0.15) is 201 Å². The summed E-state index contributed by atoms with van der Waals surface area (Å²) in [4.78, 5) is 5.52. The van der Waals surface area contributed by atoms with Crippen LogP contribution < -0.4 is 26.2 Å². The van der Waals surface area contributed by atoms with E-state index in [1.807, 2.05) is 11.3 Å². The summed E-state index contributed by atoms with van der Waals surface area (Å²) in [6, 6.07) is 38.0. The molecule has 0 fully saturated rings. The highest BCUT2D eigenvalue weighted by atomic mass is 32.1. The molecular formula is C67H79BN2S. The number of anilines is 6. The molecule has 5 aliphatic rings. The summed E-state index contributed by atoms with van der Waals surface area (Å²) in [5, 5.41) is 2.72. The third-order valence-electron chi connectivity index (χ3n) is 19.0. The first-order valence-electron chi connectivity index (χ1n) is 27.2. The predicted octanol–water partition coefficient (Wildman–Crippen LogP) is 17.4. The Morgan fingerprint density at radius 2 is 0.915 bits per heavy atom. The van der Waals surface area contributed by atoms with Crippen molar-refractivity contribution in [1.29, 1.82) is 0 Å². The molecule has 0 amide bonds. The third kappa shape index (κ3) is 6.84. The molecule has 366 valence electrons. The monoisotopic (exact) mass is 955 g/mol. The zero-order valence-electron chi connectivity index (χ0n) is 46.6. The first-order chi connectivity index (χ1) is 32.9. The fraction of sp³-hybridized carbons (Fsp3) is 0.463. The van der Waals surface area contributed by atoms with E-state index in [-0.39, 0.29) is 50.0 Å². The minimum Gasteiger partial charge on any atom is -0.311 e. The largest absolute Gasteiger partial charge is 0.311 e. The Bertz CT molecular complexity index is 3450. The second-order valence-electron chi connectivity index (χ2n) is 29.1. The average molecular weight is 955 g/mol. The van der Waals surface area contributed by atoms with Crippen LogP contribution >= 0.6 is 11.3 Å². The first kappa shape index (κ1) is 47.2. The van der Waals surface area contributed by atoms with E-state index < -0.39 is 0 Å². The van der Waals surface area contributed by atoms with Crippen LogP contribution in [0.25, 0.3) is 20.2 Å². The summed E-state index contributed by atoms with van der Waals surface area (Å²) in [6.07, 6.45) is 5.88. The van der Waals surface area contributed by atoms with E-state index in [0.717, 1.165) is 6.42 Å². The molecule has 0 saturated carbocycles. The van der Waals surface area contributed by atoms with Crippen molar-refractivity contribution >= 4 is 88.7 Å². The summed E-state index contributed by atoms with van der Waals surface area (Å²) in [6.45, 7) is 44.5. The molecule has 12 rings (SSSR count). The SMILES string of the molecule is CC(C)(C)c1cc2c3c(c1)N(c1cc(C(C)(C)C)c4sc5ccccc5c4c1)c1cc4c(cc1B3c1cc3c(cc1N2c1ccc2c(c1)C(C)(C)CCC2(C)C)C(C)(C)CCC3(C)C)C(C)(C)CC4(C)C. The average Bonchev–Trinajstić information content (AvgIpc) is 3.74. The Morgan fingerprint density at radius 1 is 0.437 bits per heavy atom. The van der Waals surface area contributed by atoms with Gasteiger partial charge in [-0.25, -0.2) is 0 Å². The molecule has 0 radical (unpaired) electrons. The fourth-order valence-electron chi connectivity index (χ4n) is 14.7. The number of benzene rings is 6. The smallest absolute Gasteiger partial charge is 0.252 e. The second kappa shape index (κ2) is 14.5. The summed E-state index contributed by atoms with van der Waals surface area (Å²) in [5.41, 5.74) is 24.3. The molecule has 0 N–H and O–H groups in total. The van der Waals surface area contributed by atoms with Gasteiger partial charge in [-0.2, -0.15) is 0 Å². The predicted molar refractivity (Wildman–Crippen MR) is 312 cm³/mol. The molecule has 1 aromatic heterocycles. The van der Waals surface area contributed by atoms with Crippen LogP contribution in [-0.4, -0.2) is 6.71 Å². The van der Waals surface area contributed by atoms with Crippen LogP contribution in [0.2, 0.25) is 0 Å². The molecule has 2 nitrogen and oxygen atoms in total. The highest BCUT2D eigenvalue weighted by molar-refractivity contribution is 7.26. The molecule has 3 aliphatic carbocycles. The molecule has 71 heavy (non-hydrogen) atoms. The molecular weight excluding hydrogens is 876 g/mol. The van der Waals surface area contributed by atoms with Crippen molar-refractivity contribution in [3.8, 4) is 0 Å². The lowest BCUT2D eigenvalue weighted by atomic mass is 9.32. The van der Waals surface area contributed by atoms with Crippen LogP contribution in [0.5, 0.6) is 0 Å². The molecule has 2 aliphatic heterocycles. The van der Waals surface area contributed by atoms with E-state index in [9.17, 15) is 0 Å². The van der Waals surface area contributed by atoms with E-state index in [1.165, 1.54) is 141 Å². The molecule has 7 aromatic rings. The summed E-state index contributed by atoms with van der Waals surface area (Å²) < 4.78 is 2.77. The van der Waals surface area contributed by atoms with Gasteiger partial charge in [0, 0.05) is 54.3 Å². The van der Waals surface area contributed by atoms with Gasteiger partial charge in [-0.1, -0.05) is 161 Å². The third-order valence-corrected chi connectivity index (χ3v) is 20.2. The Morgan fingerprint density at radius 3 is 1.46 bits per heavy atom. The molecule has 4 heteroatoms. The van der Waals surface area contributed by atoms with Crippen molar-refractivity contribution in [2.24, 2.45) is 0 Å². The highest BCUT2D eigenvalue weighted by Crippen LogP contribution is 2.56. The minimum absolute atomic E-state index is 0.0348. The lowest BCUT2D eigenvalue weighted by Crippen LogP contribution is -2.62. The first-order valence-corrected chi connectivity index (χ1v) is 28.0. The topological polar surface area (TPSA) is 6.48 Å². The standard InChI is InChI=1S/C67H79BN2S/c1-60(2,3)39-29-55-58-56(30-39)70(41-31-43-42-21-19-20-22-57(42)71-59(43)50(33-41)61(4,5)6)54-37-49-47(66(15,16)38-67(49,17)18)35-52(54)68(58)51-34-46-48(65(13,14)28-27-64(46,11)12)36-53(51)69(55)40-23-24-44-45(32-40)63(9,10)26-25-62(44,7)8/h19-24,29-37H,25-28,38H2,1-18H3. The molecule has 0 atom stereocenters. The number of hydrogen-bond donors (Lipinski definition) is 0. The van der Waals surface area contributed by atoms with Crippen molar-refractivity contribution in [2.75, 3.05) is 9.80 Å². The molecule has 0 spiro atoms. The van der Waals surface area contributed by atoms with E-state index in [2.05, 4.69) is 225 Å². The van der Waals surface area contributed by atoms with Gasteiger partial charge in [-0.05, 0) is 191 Å². The Balaban J connectivity index is 1.26. The lowest BCUT2D eigenvalue weighted by molar-refractivity contribution is 0.332. The maximum absolute atomic E-state index is 2.76. The summed E-state index contributed by atoms with van der Waals surface area (Å²) in [7, 11) is 0. The number of rotatable bonds is 2. The Kier molecular flexibility index (Phi) is 9.64. The zero-order chi connectivity index (χ0) is 50.7. The van der Waals surface area contributed by atoms with Crippen LogP contribution in [0, 0.1) is 0 Å². The van der Waals surface area contributed by atoms with E-state index >= 15 is 0 Å². The van der Waals surface area contributed by atoms with Gasteiger partial charge < -0.3 is 9.80 Å². The quantitative estimate of drug-likeness (QED) is 0.159. The van der Waals surface area contributed by atoms with E-state index in [1.54, 1.807) is 0 Å². The molecule has 0 saturated heterocycles. The molecule has 0 unspecified atom stereocenters. The Labute approximate surface area is 431 Å². The maximum Gasteiger partial charge on any atom is 0.252 e. The van der Waals surface area contributed by atoms with Crippen molar-refractivity contribution < 1.29 is 0 Å². The van der Waals surface area contributed by atoms with Crippen LogP contribution in [-0.2, 0) is 43.3 Å². The van der Waals surface area contributed by atoms with Crippen LogP contribution in [0.15, 0.2) is 91.0 Å². The summed E-state index contributed by atoms with van der Waals surface area (Å²) >= 11 is 1.96. The van der Waals surface area contributed by atoms with Crippen LogP contribution in [0.3, 0.4) is 0 Å². The number of nitrogens with zero attached hydrogens (tertiary/aromatic N) is 2. The maximum atomic E-state index is 2.76. The van der Waals surface area contributed by atoms with Crippen molar-refractivity contribution in [2.45, 2.75) is 200 Å². The minimum atomic E-state index is -0.114. The second-order valence-corrected chi connectivity index (χ2v) is 30.2. The number of thiophene rings is 1. The van der Waals surface area contributed by atoms with Gasteiger partial charge in [0.15, 0.2) is 0 Å². The van der Waals surface area contributed by atoms with E-state index in [4.69, 9.17) is 0 Å². The summed E-state index contributed by atoms with van der Waals surface area (Å²) in [5.74, 6) is 0. The number of hydrogen-bond acceptors (Lipinski definition) is 3. The number of fused-ring (bicyclic) bond motifs is 10. The normalized spacial score (nSPS) is 20.6. The fourth-order valence-corrected chi connectivity index (χ4v) is 16.1. The van der Waals surface area contributed by atoms with Gasteiger partial charge in [0.1, 0.15) is 0 Å². The Hall–Kier alpha value is -4.80. The molecule has 6 aromatic carbocycles. The molecule has 3 heterocycles. The van der Waals surface area contributed by atoms with Gasteiger partial charge in [0.25, 0.3) is 6.71 Å². The van der Waals surface area contributed by atoms with Crippen molar-refractivity contribution in [3.05, 3.63) is 136 Å². The van der Waals surface area contributed by atoms with Gasteiger partial charge in [-0.15, -0.1) is 11.3 Å². The highest BCUT2D eigenvalue weighted by Gasteiger charge is 2.50. The van der Waals surface area contributed by atoms with Gasteiger partial charge >= 0.3 is 0 Å². The van der Waals surface area contributed by atoms with Crippen LogP contribution in [0.4, 0.5) is 34.1 Å². The van der Waals surface area contributed by atoms with Gasteiger partial charge in [0.05, 0.1) is 0 Å². The van der Waals surface area contributed by atoms with E-state index in [0.29, 0.717) is 0 Å².